The summed E-state index contributed by atoms with van der Waals surface area (Å²) in [6.45, 7) is 10.3. The van der Waals surface area contributed by atoms with Crippen molar-refractivity contribution in [1.82, 2.24) is 0 Å². The summed E-state index contributed by atoms with van der Waals surface area (Å²) < 4.78 is 28.2. The van der Waals surface area contributed by atoms with Crippen LogP contribution in [-0.2, 0) is 14.2 Å². The molecule has 5 nitrogen and oxygen atoms in total. The summed E-state index contributed by atoms with van der Waals surface area (Å²) >= 11 is 0. The van der Waals surface area contributed by atoms with Gasteiger partial charge in [0, 0.05) is 11.1 Å². The molecule has 0 amide bonds. The molecule has 0 unspecified atom stereocenters. The van der Waals surface area contributed by atoms with E-state index in [2.05, 4.69) is 11.8 Å². The third kappa shape index (κ3) is 5.54. The maximum atomic E-state index is 5.93. The van der Waals surface area contributed by atoms with E-state index in [1.54, 1.807) is 0 Å². The molecule has 2 saturated heterocycles. The van der Waals surface area contributed by atoms with Crippen molar-refractivity contribution in [3.63, 3.8) is 0 Å². The molecule has 0 aromatic heterocycles. The van der Waals surface area contributed by atoms with Crippen LogP contribution in [0.25, 0.3) is 0 Å². The van der Waals surface area contributed by atoms with Crippen molar-refractivity contribution < 1.29 is 23.7 Å². The molecule has 2 aliphatic heterocycles. The van der Waals surface area contributed by atoms with Gasteiger partial charge in [0.1, 0.15) is 36.9 Å². The van der Waals surface area contributed by atoms with Gasteiger partial charge in [0.2, 0.25) is 0 Å². The van der Waals surface area contributed by atoms with E-state index in [0.717, 1.165) is 40.4 Å². The molecule has 2 heterocycles. The Labute approximate surface area is 178 Å². The molecule has 2 atom stereocenters. The third-order valence-corrected chi connectivity index (χ3v) is 5.02. The molecular formula is C25H28O5. The van der Waals surface area contributed by atoms with Crippen LogP contribution in [0.15, 0.2) is 36.4 Å². The fourth-order valence-electron chi connectivity index (χ4n) is 3.30. The maximum Gasteiger partial charge on any atom is 0.163 e. The van der Waals surface area contributed by atoms with Gasteiger partial charge in [0.25, 0.3) is 0 Å². The van der Waals surface area contributed by atoms with E-state index in [4.69, 9.17) is 23.7 Å². The fourth-order valence-corrected chi connectivity index (χ4v) is 3.30. The quantitative estimate of drug-likeness (QED) is 0.534. The maximum absolute atomic E-state index is 5.93. The SMILES string of the molecule is Cc1cc(C#Cc2ccc(OC[C@H]3COC(C)(C)O3)c(C)c2)ccc1OC[C@H]1CO1. The topological polar surface area (TPSA) is 49.5 Å². The molecule has 0 N–H and O–H groups in total. The Morgan fingerprint density at radius 3 is 1.83 bits per heavy atom. The fraction of sp³-hybridized carbons (Fsp3) is 0.440. The predicted octanol–water partition coefficient (Wildman–Crippen LogP) is 4.01. The summed E-state index contributed by atoms with van der Waals surface area (Å²) in [6.07, 6.45) is 0.204. The predicted molar refractivity (Wildman–Crippen MR) is 114 cm³/mol. The largest absolute Gasteiger partial charge is 0.491 e. The van der Waals surface area contributed by atoms with Crippen LogP contribution in [0.5, 0.6) is 11.5 Å². The van der Waals surface area contributed by atoms with Crippen molar-refractivity contribution in [2.24, 2.45) is 0 Å². The summed E-state index contributed by atoms with van der Waals surface area (Å²) in [7, 11) is 0. The van der Waals surface area contributed by atoms with Crippen LogP contribution in [0.4, 0.5) is 0 Å². The molecule has 2 fully saturated rings. The van der Waals surface area contributed by atoms with Gasteiger partial charge in [-0.15, -0.1) is 0 Å². The lowest BCUT2D eigenvalue weighted by Gasteiger charge is -2.17. The minimum Gasteiger partial charge on any atom is -0.491 e. The standard InChI is InChI=1S/C25H28O5/c1-17-11-19(7-9-23(17)27-14-21-13-26-21)5-6-20-8-10-24(18(2)12-20)28-15-22-16-29-25(3,4)30-22/h7-12,21-22H,13-16H2,1-4H3/t21-,22+/m1/s1. The molecule has 2 aliphatic rings. The highest BCUT2D eigenvalue weighted by atomic mass is 16.7. The van der Waals surface area contributed by atoms with Gasteiger partial charge in [-0.3, -0.25) is 0 Å². The number of hydrogen-bond acceptors (Lipinski definition) is 5. The van der Waals surface area contributed by atoms with Gasteiger partial charge < -0.3 is 23.7 Å². The van der Waals surface area contributed by atoms with E-state index in [0.29, 0.717) is 19.8 Å². The highest BCUT2D eigenvalue weighted by Gasteiger charge is 2.33. The Balaban J connectivity index is 1.35. The Bertz CT molecular complexity index is 965. The number of ether oxygens (including phenoxy) is 5. The molecule has 0 aliphatic carbocycles. The lowest BCUT2D eigenvalue weighted by molar-refractivity contribution is -0.141. The van der Waals surface area contributed by atoms with Crippen LogP contribution in [0.2, 0.25) is 0 Å². The molecule has 2 aromatic rings. The number of benzene rings is 2. The zero-order valence-corrected chi connectivity index (χ0v) is 18.0. The number of epoxide rings is 1. The third-order valence-electron chi connectivity index (χ3n) is 5.02. The molecule has 30 heavy (non-hydrogen) atoms. The lowest BCUT2D eigenvalue weighted by Crippen LogP contribution is -2.25. The summed E-state index contributed by atoms with van der Waals surface area (Å²) in [5.41, 5.74) is 4.03. The summed E-state index contributed by atoms with van der Waals surface area (Å²) in [4.78, 5) is 0. The Kier molecular flexibility index (Phi) is 6.01. The van der Waals surface area contributed by atoms with Gasteiger partial charge in [0.15, 0.2) is 5.79 Å². The second kappa shape index (κ2) is 8.69. The van der Waals surface area contributed by atoms with Crippen molar-refractivity contribution in [3.8, 4) is 23.3 Å². The van der Waals surface area contributed by atoms with E-state index < -0.39 is 5.79 Å². The Hall–Kier alpha value is -2.52. The minimum absolute atomic E-state index is 0.0501. The van der Waals surface area contributed by atoms with Crippen LogP contribution in [0, 0.1) is 25.7 Å². The Morgan fingerprint density at radius 2 is 1.40 bits per heavy atom. The average molecular weight is 408 g/mol. The first-order valence-corrected chi connectivity index (χ1v) is 10.3. The molecule has 4 rings (SSSR count). The molecular weight excluding hydrogens is 380 g/mol. The van der Waals surface area contributed by atoms with Gasteiger partial charge in [-0.05, 0) is 75.2 Å². The van der Waals surface area contributed by atoms with E-state index in [9.17, 15) is 0 Å². The van der Waals surface area contributed by atoms with Crippen LogP contribution in [-0.4, -0.2) is 44.4 Å². The first-order valence-electron chi connectivity index (χ1n) is 10.3. The van der Waals surface area contributed by atoms with Gasteiger partial charge in [-0.1, -0.05) is 11.8 Å². The Morgan fingerprint density at radius 1 is 0.867 bits per heavy atom. The van der Waals surface area contributed by atoms with Crippen molar-refractivity contribution in [1.29, 1.82) is 0 Å². The number of hydrogen-bond donors (Lipinski definition) is 0. The molecule has 0 bridgehead atoms. The van der Waals surface area contributed by atoms with Crippen LogP contribution in [0.1, 0.15) is 36.1 Å². The number of rotatable bonds is 6. The molecule has 0 spiro atoms. The minimum atomic E-state index is -0.531. The van der Waals surface area contributed by atoms with Gasteiger partial charge in [0.05, 0.1) is 13.2 Å². The van der Waals surface area contributed by atoms with Crippen LogP contribution in [0.3, 0.4) is 0 Å². The van der Waals surface area contributed by atoms with Gasteiger partial charge in [-0.25, -0.2) is 0 Å². The second-order valence-corrected chi connectivity index (χ2v) is 8.24. The first-order chi connectivity index (χ1) is 14.4. The lowest BCUT2D eigenvalue weighted by atomic mass is 10.1. The van der Waals surface area contributed by atoms with E-state index in [-0.39, 0.29) is 12.2 Å². The monoisotopic (exact) mass is 408 g/mol. The van der Waals surface area contributed by atoms with Crippen molar-refractivity contribution in [2.45, 2.75) is 45.7 Å². The highest BCUT2D eigenvalue weighted by molar-refractivity contribution is 5.49. The summed E-state index contributed by atoms with van der Waals surface area (Å²) in [6, 6.07) is 12.0. The number of aryl methyl sites for hydroxylation is 2. The molecule has 158 valence electrons. The van der Waals surface area contributed by atoms with Crippen molar-refractivity contribution in [2.75, 3.05) is 26.4 Å². The van der Waals surface area contributed by atoms with Crippen LogP contribution < -0.4 is 9.47 Å². The zero-order valence-electron chi connectivity index (χ0n) is 18.0. The first kappa shape index (κ1) is 20.7. The molecule has 5 heteroatoms. The molecule has 0 radical (unpaired) electrons. The van der Waals surface area contributed by atoms with Crippen LogP contribution >= 0.6 is 0 Å². The van der Waals surface area contributed by atoms with Crippen molar-refractivity contribution >= 4 is 0 Å². The van der Waals surface area contributed by atoms with Gasteiger partial charge >= 0.3 is 0 Å². The second-order valence-electron chi connectivity index (χ2n) is 8.24. The smallest absolute Gasteiger partial charge is 0.163 e. The van der Waals surface area contributed by atoms with Gasteiger partial charge in [-0.2, -0.15) is 0 Å². The van der Waals surface area contributed by atoms with E-state index in [1.165, 1.54) is 0 Å². The van der Waals surface area contributed by atoms with Crippen molar-refractivity contribution in [3.05, 3.63) is 58.7 Å². The van der Waals surface area contributed by atoms with E-state index >= 15 is 0 Å². The zero-order chi connectivity index (χ0) is 21.1. The normalized spacial score (nSPS) is 21.6. The van der Waals surface area contributed by atoms with E-state index in [1.807, 2.05) is 64.1 Å². The molecule has 2 aromatic carbocycles. The summed E-state index contributed by atoms with van der Waals surface area (Å²) in [5, 5.41) is 0. The summed E-state index contributed by atoms with van der Waals surface area (Å²) in [5.74, 6) is 7.65. The molecule has 0 saturated carbocycles. The highest BCUT2D eigenvalue weighted by Crippen LogP contribution is 2.25. The average Bonchev–Trinajstić information content (AvgIpc) is 3.47.